The molecule has 0 aliphatic carbocycles. The van der Waals surface area contributed by atoms with Crippen molar-refractivity contribution in [3.05, 3.63) is 31.9 Å². The number of thiazole rings is 1. The Morgan fingerprint density at radius 3 is 2.71 bits per heavy atom. The Morgan fingerprint density at radius 1 is 1.33 bits per heavy atom. The van der Waals surface area contributed by atoms with Crippen molar-refractivity contribution in [2.24, 2.45) is 7.05 Å². The molecule has 7 nitrogen and oxygen atoms in total. The van der Waals surface area contributed by atoms with E-state index in [2.05, 4.69) is 15.0 Å². The van der Waals surface area contributed by atoms with E-state index in [1.807, 2.05) is 23.8 Å². The van der Waals surface area contributed by atoms with Gasteiger partial charge in [-0.15, -0.1) is 11.3 Å². The SMILES string of the molecule is CCCn1c(-c2nc(C)cs2)nc2c(=O)n(C)c(=O)[nH]c21. The highest BCUT2D eigenvalue weighted by atomic mass is 32.1. The van der Waals surface area contributed by atoms with Gasteiger partial charge in [0.15, 0.2) is 16.3 Å². The maximum absolute atomic E-state index is 12.2. The molecule has 0 saturated carbocycles. The van der Waals surface area contributed by atoms with Crippen molar-refractivity contribution in [1.29, 1.82) is 0 Å². The largest absolute Gasteiger partial charge is 0.329 e. The molecule has 0 bridgehead atoms. The molecule has 1 N–H and O–H groups in total. The second kappa shape index (κ2) is 4.96. The van der Waals surface area contributed by atoms with Crippen LogP contribution in [0.25, 0.3) is 22.0 Å². The summed E-state index contributed by atoms with van der Waals surface area (Å²) >= 11 is 1.48. The first-order valence-electron chi connectivity index (χ1n) is 6.65. The van der Waals surface area contributed by atoms with Crippen LogP contribution in [0.1, 0.15) is 19.0 Å². The molecule has 0 aliphatic rings. The van der Waals surface area contributed by atoms with Crippen LogP contribution in [-0.4, -0.2) is 24.1 Å². The molecular formula is C13H15N5O2S. The summed E-state index contributed by atoms with van der Waals surface area (Å²) in [6.45, 7) is 4.60. The van der Waals surface area contributed by atoms with Gasteiger partial charge in [-0.3, -0.25) is 14.3 Å². The first-order valence-corrected chi connectivity index (χ1v) is 7.53. The predicted octanol–water partition coefficient (Wildman–Crippen LogP) is 1.27. The van der Waals surface area contributed by atoms with Crippen LogP contribution in [0.4, 0.5) is 0 Å². The summed E-state index contributed by atoms with van der Waals surface area (Å²) < 4.78 is 2.89. The lowest BCUT2D eigenvalue weighted by Gasteiger charge is -2.05. The van der Waals surface area contributed by atoms with Crippen molar-refractivity contribution in [3.63, 3.8) is 0 Å². The Balaban J connectivity index is 2.40. The van der Waals surface area contributed by atoms with Crippen molar-refractivity contribution in [1.82, 2.24) is 24.1 Å². The molecule has 3 rings (SSSR count). The molecule has 3 aromatic heterocycles. The molecule has 3 heterocycles. The number of imidazole rings is 1. The second-order valence-electron chi connectivity index (χ2n) is 4.87. The molecule has 0 aromatic carbocycles. The maximum atomic E-state index is 12.2. The Labute approximate surface area is 123 Å². The number of hydrogen-bond donors (Lipinski definition) is 1. The van der Waals surface area contributed by atoms with Crippen LogP contribution in [0.5, 0.6) is 0 Å². The Bertz CT molecular complexity index is 930. The Kier molecular flexibility index (Phi) is 3.25. The summed E-state index contributed by atoms with van der Waals surface area (Å²) in [5.74, 6) is 0.629. The molecule has 0 unspecified atom stereocenters. The van der Waals surface area contributed by atoms with Crippen LogP contribution in [0.3, 0.4) is 0 Å². The van der Waals surface area contributed by atoms with Crippen LogP contribution in [0, 0.1) is 6.92 Å². The first-order chi connectivity index (χ1) is 10.0. The molecular weight excluding hydrogens is 290 g/mol. The number of aryl methyl sites for hydroxylation is 2. The molecule has 21 heavy (non-hydrogen) atoms. The topological polar surface area (TPSA) is 85.6 Å². The average molecular weight is 305 g/mol. The number of hydrogen-bond acceptors (Lipinski definition) is 5. The number of fused-ring (bicyclic) bond motifs is 1. The molecule has 0 saturated heterocycles. The van der Waals surface area contributed by atoms with Crippen molar-refractivity contribution in [3.8, 4) is 10.8 Å². The lowest BCUT2D eigenvalue weighted by atomic mass is 10.4. The third-order valence-corrected chi connectivity index (χ3v) is 4.22. The van der Waals surface area contributed by atoms with Crippen molar-refractivity contribution >= 4 is 22.5 Å². The average Bonchev–Trinajstić information content (AvgIpc) is 3.02. The minimum absolute atomic E-state index is 0.272. The first kappa shape index (κ1) is 13.7. The zero-order valence-electron chi connectivity index (χ0n) is 12.0. The second-order valence-corrected chi connectivity index (χ2v) is 5.73. The van der Waals surface area contributed by atoms with Gasteiger partial charge in [0.05, 0.1) is 0 Å². The minimum atomic E-state index is -0.438. The highest BCUT2D eigenvalue weighted by molar-refractivity contribution is 7.13. The van der Waals surface area contributed by atoms with Crippen LogP contribution in [0.2, 0.25) is 0 Å². The number of H-pyrrole nitrogens is 1. The van der Waals surface area contributed by atoms with Gasteiger partial charge in [0.1, 0.15) is 5.65 Å². The molecule has 8 heteroatoms. The summed E-state index contributed by atoms with van der Waals surface area (Å²) in [7, 11) is 1.44. The minimum Gasteiger partial charge on any atom is -0.308 e. The number of nitrogens with zero attached hydrogens (tertiary/aromatic N) is 4. The van der Waals surface area contributed by atoms with Gasteiger partial charge in [-0.2, -0.15) is 0 Å². The standard InChI is InChI=1S/C13H15N5O2S/c1-4-5-18-9-8(12(19)17(3)13(20)16-9)15-10(18)11-14-7(2)6-21-11/h6H,4-5H2,1-3H3,(H,16,20). The van der Waals surface area contributed by atoms with E-state index in [-0.39, 0.29) is 5.52 Å². The van der Waals surface area contributed by atoms with Crippen molar-refractivity contribution in [2.75, 3.05) is 0 Å². The van der Waals surface area contributed by atoms with Gasteiger partial charge in [0.2, 0.25) is 0 Å². The summed E-state index contributed by atoms with van der Waals surface area (Å²) in [6, 6.07) is 0. The van der Waals surface area contributed by atoms with Crippen LogP contribution < -0.4 is 11.2 Å². The summed E-state index contributed by atoms with van der Waals surface area (Å²) in [5, 5.41) is 2.69. The fourth-order valence-corrected chi connectivity index (χ4v) is 3.02. The zero-order chi connectivity index (χ0) is 15.1. The lowest BCUT2D eigenvalue weighted by Crippen LogP contribution is -2.32. The zero-order valence-corrected chi connectivity index (χ0v) is 12.8. The van der Waals surface area contributed by atoms with E-state index >= 15 is 0 Å². The van der Waals surface area contributed by atoms with Gasteiger partial charge in [0.25, 0.3) is 5.56 Å². The Hall–Kier alpha value is -2.22. The van der Waals surface area contributed by atoms with Crippen molar-refractivity contribution in [2.45, 2.75) is 26.8 Å². The Morgan fingerprint density at radius 2 is 2.10 bits per heavy atom. The number of nitrogens with one attached hydrogen (secondary N) is 1. The third kappa shape index (κ3) is 2.11. The number of aromatic amines is 1. The van der Waals surface area contributed by atoms with Gasteiger partial charge in [-0.05, 0) is 13.3 Å². The van der Waals surface area contributed by atoms with E-state index in [9.17, 15) is 9.59 Å². The van der Waals surface area contributed by atoms with E-state index in [0.717, 1.165) is 21.7 Å². The van der Waals surface area contributed by atoms with E-state index < -0.39 is 11.2 Å². The molecule has 0 radical (unpaired) electrons. The summed E-state index contributed by atoms with van der Waals surface area (Å²) in [4.78, 5) is 35.6. The highest BCUT2D eigenvalue weighted by Gasteiger charge is 2.18. The fourth-order valence-electron chi connectivity index (χ4n) is 2.23. The fraction of sp³-hybridized carbons (Fsp3) is 0.385. The maximum Gasteiger partial charge on any atom is 0.329 e. The lowest BCUT2D eigenvalue weighted by molar-refractivity contribution is 0.692. The van der Waals surface area contributed by atoms with E-state index in [0.29, 0.717) is 18.0 Å². The molecule has 0 atom stereocenters. The van der Waals surface area contributed by atoms with Gasteiger partial charge in [0, 0.05) is 24.7 Å². The summed E-state index contributed by atoms with van der Waals surface area (Å²) in [6.07, 6.45) is 0.861. The van der Waals surface area contributed by atoms with E-state index in [1.165, 1.54) is 18.4 Å². The van der Waals surface area contributed by atoms with E-state index in [1.54, 1.807) is 0 Å². The van der Waals surface area contributed by atoms with Crippen molar-refractivity contribution < 1.29 is 0 Å². The number of rotatable bonds is 3. The molecule has 0 spiro atoms. The van der Waals surface area contributed by atoms with Gasteiger partial charge < -0.3 is 4.57 Å². The monoisotopic (exact) mass is 305 g/mol. The quantitative estimate of drug-likeness (QED) is 0.789. The highest BCUT2D eigenvalue weighted by Crippen LogP contribution is 2.25. The van der Waals surface area contributed by atoms with Crippen LogP contribution >= 0.6 is 11.3 Å². The van der Waals surface area contributed by atoms with Gasteiger partial charge in [-0.1, -0.05) is 6.92 Å². The summed E-state index contributed by atoms with van der Waals surface area (Å²) in [5.41, 5.74) is 0.817. The molecule has 3 aromatic rings. The van der Waals surface area contributed by atoms with Crippen LogP contribution in [0.15, 0.2) is 15.0 Å². The molecule has 110 valence electrons. The number of aromatic nitrogens is 5. The van der Waals surface area contributed by atoms with Gasteiger partial charge >= 0.3 is 5.69 Å². The molecule has 0 amide bonds. The molecule has 0 fully saturated rings. The normalized spacial score (nSPS) is 11.4. The third-order valence-electron chi connectivity index (χ3n) is 3.26. The van der Waals surface area contributed by atoms with Gasteiger partial charge in [-0.25, -0.2) is 14.8 Å². The molecule has 0 aliphatic heterocycles. The van der Waals surface area contributed by atoms with Crippen LogP contribution in [-0.2, 0) is 13.6 Å². The van der Waals surface area contributed by atoms with E-state index in [4.69, 9.17) is 0 Å². The predicted molar refractivity (Wildman–Crippen MR) is 81.7 cm³/mol. The smallest absolute Gasteiger partial charge is 0.308 e.